The highest BCUT2D eigenvalue weighted by Crippen LogP contribution is 2.25. The highest BCUT2D eigenvalue weighted by molar-refractivity contribution is 5.77. The molecule has 2 rings (SSSR count). The molecule has 3 unspecified atom stereocenters. The SMILES string of the molecule is COC1CCN(C(=O)NC2CCCCC2C(=O)O)C1. The smallest absolute Gasteiger partial charge is 0.317 e. The fourth-order valence-electron chi connectivity index (χ4n) is 2.95. The number of urea groups is 1. The lowest BCUT2D eigenvalue weighted by Gasteiger charge is -2.30. The Hall–Kier alpha value is -1.30. The van der Waals surface area contributed by atoms with Crippen molar-refractivity contribution in [1.82, 2.24) is 10.2 Å². The minimum Gasteiger partial charge on any atom is -0.481 e. The number of ether oxygens (including phenoxy) is 1. The molecule has 1 aliphatic heterocycles. The number of carbonyl (C=O) groups is 2. The topological polar surface area (TPSA) is 78.9 Å². The molecule has 0 aromatic carbocycles. The molecule has 1 heterocycles. The number of carboxylic acid groups (broad SMARTS) is 1. The van der Waals surface area contributed by atoms with Gasteiger partial charge in [-0.05, 0) is 19.3 Å². The molecule has 0 aromatic heterocycles. The zero-order valence-electron chi connectivity index (χ0n) is 11.3. The number of amides is 2. The Labute approximate surface area is 113 Å². The van der Waals surface area contributed by atoms with E-state index in [1.165, 1.54) is 0 Å². The molecule has 0 spiro atoms. The molecule has 3 atom stereocenters. The van der Waals surface area contributed by atoms with Crippen LogP contribution in [0.3, 0.4) is 0 Å². The van der Waals surface area contributed by atoms with Crippen molar-refractivity contribution in [1.29, 1.82) is 0 Å². The van der Waals surface area contributed by atoms with Gasteiger partial charge in [-0.2, -0.15) is 0 Å². The van der Waals surface area contributed by atoms with Crippen LogP contribution in [-0.4, -0.2) is 54.4 Å². The summed E-state index contributed by atoms with van der Waals surface area (Å²) >= 11 is 0. The van der Waals surface area contributed by atoms with Crippen molar-refractivity contribution in [3.8, 4) is 0 Å². The number of aliphatic carboxylic acids is 1. The van der Waals surface area contributed by atoms with Gasteiger partial charge in [0.05, 0.1) is 12.0 Å². The molecule has 0 aromatic rings. The van der Waals surface area contributed by atoms with Gasteiger partial charge in [0.2, 0.25) is 0 Å². The number of hydrogen-bond donors (Lipinski definition) is 2. The van der Waals surface area contributed by atoms with Crippen molar-refractivity contribution in [2.75, 3.05) is 20.2 Å². The lowest BCUT2D eigenvalue weighted by Crippen LogP contribution is -2.49. The quantitative estimate of drug-likeness (QED) is 0.803. The normalized spacial score (nSPS) is 31.2. The molecule has 2 aliphatic rings. The third-order valence-corrected chi connectivity index (χ3v) is 4.16. The molecule has 2 amide bonds. The second-order valence-electron chi connectivity index (χ2n) is 5.38. The Kier molecular flexibility index (Phi) is 4.63. The maximum Gasteiger partial charge on any atom is 0.317 e. The van der Waals surface area contributed by atoms with Gasteiger partial charge < -0.3 is 20.1 Å². The second kappa shape index (κ2) is 6.23. The van der Waals surface area contributed by atoms with Crippen molar-refractivity contribution in [2.45, 2.75) is 44.2 Å². The molecule has 108 valence electrons. The van der Waals surface area contributed by atoms with E-state index < -0.39 is 11.9 Å². The van der Waals surface area contributed by atoms with E-state index in [0.29, 0.717) is 19.5 Å². The average Bonchev–Trinajstić information content (AvgIpc) is 2.88. The van der Waals surface area contributed by atoms with Crippen LogP contribution in [0.5, 0.6) is 0 Å². The average molecular weight is 270 g/mol. The number of carboxylic acids is 1. The number of methoxy groups -OCH3 is 1. The minimum atomic E-state index is -0.804. The van der Waals surface area contributed by atoms with Crippen molar-refractivity contribution in [3.05, 3.63) is 0 Å². The van der Waals surface area contributed by atoms with Crippen LogP contribution >= 0.6 is 0 Å². The number of rotatable bonds is 3. The molecule has 2 N–H and O–H groups in total. The van der Waals surface area contributed by atoms with Gasteiger partial charge in [0.1, 0.15) is 0 Å². The summed E-state index contributed by atoms with van der Waals surface area (Å²) in [4.78, 5) is 25.0. The Bertz CT molecular complexity index is 348. The van der Waals surface area contributed by atoms with Crippen LogP contribution < -0.4 is 5.32 Å². The molecule has 0 radical (unpaired) electrons. The molecular weight excluding hydrogens is 248 g/mol. The summed E-state index contributed by atoms with van der Waals surface area (Å²) in [6, 6.07) is -0.391. The Morgan fingerprint density at radius 3 is 2.63 bits per heavy atom. The predicted molar refractivity (Wildman–Crippen MR) is 68.9 cm³/mol. The molecule has 0 bridgehead atoms. The highest BCUT2D eigenvalue weighted by Gasteiger charge is 2.34. The van der Waals surface area contributed by atoms with E-state index in [9.17, 15) is 14.7 Å². The monoisotopic (exact) mass is 270 g/mol. The first-order chi connectivity index (χ1) is 9.11. The zero-order chi connectivity index (χ0) is 13.8. The van der Waals surface area contributed by atoms with Crippen molar-refractivity contribution in [2.24, 2.45) is 5.92 Å². The number of likely N-dealkylation sites (tertiary alicyclic amines) is 1. The minimum absolute atomic E-state index is 0.104. The maximum atomic E-state index is 12.1. The van der Waals surface area contributed by atoms with E-state index in [0.717, 1.165) is 25.7 Å². The van der Waals surface area contributed by atoms with Crippen LogP contribution in [0.15, 0.2) is 0 Å². The van der Waals surface area contributed by atoms with Gasteiger partial charge in [-0.15, -0.1) is 0 Å². The molecule has 6 heteroatoms. The summed E-state index contributed by atoms with van der Waals surface area (Å²) < 4.78 is 5.23. The second-order valence-corrected chi connectivity index (χ2v) is 5.38. The van der Waals surface area contributed by atoms with E-state index in [2.05, 4.69) is 5.32 Å². The number of hydrogen-bond acceptors (Lipinski definition) is 3. The first-order valence-corrected chi connectivity index (χ1v) is 6.93. The van der Waals surface area contributed by atoms with Crippen molar-refractivity contribution >= 4 is 12.0 Å². The highest BCUT2D eigenvalue weighted by atomic mass is 16.5. The summed E-state index contributed by atoms with van der Waals surface area (Å²) in [5, 5.41) is 12.1. The van der Waals surface area contributed by atoms with Crippen LogP contribution in [0.1, 0.15) is 32.1 Å². The van der Waals surface area contributed by atoms with Gasteiger partial charge >= 0.3 is 12.0 Å². The fourth-order valence-corrected chi connectivity index (χ4v) is 2.95. The molecule has 1 saturated heterocycles. The summed E-state index contributed by atoms with van der Waals surface area (Å²) in [6.07, 6.45) is 4.27. The third kappa shape index (κ3) is 3.37. The standard InChI is InChI=1S/C13H22N2O4/c1-19-9-6-7-15(8-9)13(18)14-11-5-3-2-4-10(11)12(16)17/h9-11H,2-8H2,1H3,(H,14,18)(H,16,17). The Morgan fingerprint density at radius 1 is 1.26 bits per heavy atom. The molecule has 1 saturated carbocycles. The van der Waals surface area contributed by atoms with Crippen LogP contribution in [0, 0.1) is 5.92 Å². The first kappa shape index (κ1) is 14.1. The lowest BCUT2D eigenvalue weighted by atomic mass is 9.84. The van der Waals surface area contributed by atoms with E-state index in [-0.39, 0.29) is 18.2 Å². The molecule has 1 aliphatic carbocycles. The first-order valence-electron chi connectivity index (χ1n) is 6.93. The van der Waals surface area contributed by atoms with E-state index in [4.69, 9.17) is 4.74 Å². The van der Waals surface area contributed by atoms with Crippen molar-refractivity contribution < 1.29 is 19.4 Å². The number of nitrogens with one attached hydrogen (secondary N) is 1. The van der Waals surface area contributed by atoms with Gasteiger partial charge in [-0.1, -0.05) is 12.8 Å². The summed E-state index contributed by atoms with van der Waals surface area (Å²) in [7, 11) is 1.65. The van der Waals surface area contributed by atoms with E-state index in [1.807, 2.05) is 0 Å². The van der Waals surface area contributed by atoms with Crippen LogP contribution in [-0.2, 0) is 9.53 Å². The maximum absolute atomic E-state index is 12.1. The molecule has 19 heavy (non-hydrogen) atoms. The van der Waals surface area contributed by atoms with Gasteiger partial charge in [0, 0.05) is 26.2 Å². The predicted octanol–water partition coefficient (Wildman–Crippen LogP) is 1.06. The lowest BCUT2D eigenvalue weighted by molar-refractivity contribution is -0.143. The summed E-state index contributed by atoms with van der Waals surface area (Å²) in [6.45, 7) is 1.27. The number of nitrogens with zero attached hydrogens (tertiary/aromatic N) is 1. The zero-order valence-corrected chi connectivity index (χ0v) is 11.3. The summed E-state index contributed by atoms with van der Waals surface area (Å²) in [5.74, 6) is -1.25. The van der Waals surface area contributed by atoms with Gasteiger partial charge in [0.15, 0.2) is 0 Å². The molecular formula is C13H22N2O4. The van der Waals surface area contributed by atoms with E-state index in [1.54, 1.807) is 12.0 Å². The van der Waals surface area contributed by atoms with Gasteiger partial charge in [0.25, 0.3) is 0 Å². The van der Waals surface area contributed by atoms with Crippen LogP contribution in [0.4, 0.5) is 4.79 Å². The Balaban J connectivity index is 1.88. The van der Waals surface area contributed by atoms with Gasteiger partial charge in [-0.25, -0.2) is 4.79 Å². The van der Waals surface area contributed by atoms with Crippen LogP contribution in [0.2, 0.25) is 0 Å². The Morgan fingerprint density at radius 2 is 2.00 bits per heavy atom. The molecule has 6 nitrogen and oxygen atoms in total. The summed E-state index contributed by atoms with van der Waals surface area (Å²) in [5.41, 5.74) is 0. The third-order valence-electron chi connectivity index (χ3n) is 4.16. The fraction of sp³-hybridized carbons (Fsp3) is 0.846. The molecule has 2 fully saturated rings. The largest absolute Gasteiger partial charge is 0.481 e. The van der Waals surface area contributed by atoms with Crippen molar-refractivity contribution in [3.63, 3.8) is 0 Å². The van der Waals surface area contributed by atoms with Crippen LogP contribution in [0.25, 0.3) is 0 Å². The van der Waals surface area contributed by atoms with Gasteiger partial charge in [-0.3, -0.25) is 4.79 Å². The number of carbonyl (C=O) groups excluding carboxylic acids is 1. The van der Waals surface area contributed by atoms with E-state index >= 15 is 0 Å².